The van der Waals surface area contributed by atoms with Crippen molar-refractivity contribution < 1.29 is 13.2 Å². The fraction of sp³-hybridized carbons (Fsp3) is 0.353. The molecule has 1 saturated heterocycles. The Hall–Kier alpha value is -1.41. The molecule has 1 fully saturated rings. The molecule has 1 aliphatic heterocycles. The molecule has 0 saturated carbocycles. The number of sulfonamides is 1. The van der Waals surface area contributed by atoms with Gasteiger partial charge in [-0.2, -0.15) is 4.31 Å². The lowest BCUT2D eigenvalue weighted by Gasteiger charge is -2.30. The molecule has 0 unspecified atom stereocenters. The number of nitrogens with zero attached hydrogens (tertiary/aromatic N) is 1. The third kappa shape index (κ3) is 4.06. The molecule has 0 aliphatic carbocycles. The number of hydrogen-bond acceptors (Lipinski definition) is 4. The quantitative estimate of drug-likeness (QED) is 0.852. The van der Waals surface area contributed by atoms with Crippen molar-refractivity contribution in [1.82, 2.24) is 4.31 Å². The Morgan fingerprint density at radius 1 is 1.28 bits per heavy atom. The van der Waals surface area contributed by atoms with E-state index in [1.54, 1.807) is 29.6 Å². The Kier molecular flexibility index (Phi) is 5.48. The van der Waals surface area contributed by atoms with Gasteiger partial charge in [-0.25, -0.2) is 8.42 Å². The van der Waals surface area contributed by atoms with E-state index in [0.29, 0.717) is 40.9 Å². The number of benzene rings is 1. The maximum atomic E-state index is 12.5. The van der Waals surface area contributed by atoms with Gasteiger partial charge in [-0.05, 0) is 48.9 Å². The first kappa shape index (κ1) is 18.4. The van der Waals surface area contributed by atoms with Crippen molar-refractivity contribution in [3.63, 3.8) is 0 Å². The predicted molar refractivity (Wildman–Crippen MR) is 101 cm³/mol. The normalized spacial score (nSPS) is 16.7. The minimum absolute atomic E-state index is 0.0847. The summed E-state index contributed by atoms with van der Waals surface area (Å²) in [6.45, 7) is 2.61. The van der Waals surface area contributed by atoms with Crippen LogP contribution in [0, 0.1) is 12.8 Å². The molecule has 2 aromatic rings. The molecule has 25 heavy (non-hydrogen) atoms. The topological polar surface area (TPSA) is 66.5 Å². The number of rotatable bonds is 4. The van der Waals surface area contributed by atoms with Crippen LogP contribution in [0.15, 0.2) is 39.9 Å². The van der Waals surface area contributed by atoms with Gasteiger partial charge in [-0.15, -0.1) is 11.3 Å². The Morgan fingerprint density at radius 2 is 2.00 bits per heavy atom. The van der Waals surface area contributed by atoms with E-state index in [1.165, 1.54) is 15.6 Å². The van der Waals surface area contributed by atoms with Crippen LogP contribution < -0.4 is 5.32 Å². The number of nitrogens with one attached hydrogen (secondary N) is 1. The number of carbonyl (C=O) groups is 1. The highest BCUT2D eigenvalue weighted by Crippen LogP contribution is 2.28. The Morgan fingerprint density at radius 3 is 2.64 bits per heavy atom. The van der Waals surface area contributed by atoms with Gasteiger partial charge in [0.2, 0.25) is 5.91 Å². The predicted octanol–water partition coefficient (Wildman–Crippen LogP) is 3.75. The Balaban J connectivity index is 1.62. The van der Waals surface area contributed by atoms with Gasteiger partial charge in [0.05, 0.1) is 0 Å². The lowest BCUT2D eigenvalue weighted by Crippen LogP contribution is -2.41. The van der Waals surface area contributed by atoms with Crippen molar-refractivity contribution in [2.75, 3.05) is 18.4 Å². The monoisotopic (exact) mass is 398 g/mol. The summed E-state index contributed by atoms with van der Waals surface area (Å²) in [6.07, 6.45) is 1.02. The smallest absolute Gasteiger partial charge is 0.252 e. The van der Waals surface area contributed by atoms with E-state index in [0.717, 1.165) is 5.56 Å². The Bertz CT molecular complexity index is 858. The van der Waals surface area contributed by atoms with Crippen LogP contribution in [-0.4, -0.2) is 31.7 Å². The first-order valence-electron chi connectivity index (χ1n) is 7.98. The molecule has 5 nitrogen and oxygen atoms in total. The second-order valence-corrected chi connectivity index (χ2v) is 9.61. The number of hydrogen-bond donors (Lipinski definition) is 1. The summed E-state index contributed by atoms with van der Waals surface area (Å²) in [5.41, 5.74) is 1.64. The van der Waals surface area contributed by atoms with Gasteiger partial charge in [-0.3, -0.25) is 4.79 Å². The highest BCUT2D eigenvalue weighted by atomic mass is 35.5. The molecular formula is C17H19ClN2O3S2. The molecule has 1 aromatic heterocycles. The number of aryl methyl sites for hydroxylation is 1. The number of amides is 1. The van der Waals surface area contributed by atoms with Crippen molar-refractivity contribution in [3.05, 3.63) is 46.3 Å². The second kappa shape index (κ2) is 7.45. The van der Waals surface area contributed by atoms with Crippen LogP contribution in [0.2, 0.25) is 5.02 Å². The number of anilines is 1. The maximum Gasteiger partial charge on any atom is 0.252 e. The third-order valence-electron chi connectivity index (χ3n) is 4.37. The van der Waals surface area contributed by atoms with Crippen LogP contribution in [0.3, 0.4) is 0 Å². The summed E-state index contributed by atoms with van der Waals surface area (Å²) in [7, 11) is -3.44. The molecule has 2 heterocycles. The van der Waals surface area contributed by atoms with Crippen molar-refractivity contribution >= 4 is 44.6 Å². The van der Waals surface area contributed by atoms with Crippen LogP contribution in [0.1, 0.15) is 18.4 Å². The molecule has 8 heteroatoms. The number of piperidine rings is 1. The highest BCUT2D eigenvalue weighted by Gasteiger charge is 2.32. The standard InChI is InChI=1S/C17H19ClN2O3S2/c1-12-4-5-14(18)11-15(12)19-17(21)13-6-8-20(9-7-13)25(22,23)16-3-2-10-24-16/h2-5,10-11,13H,6-9H2,1H3,(H,19,21). The van der Waals surface area contributed by atoms with E-state index in [1.807, 2.05) is 13.0 Å². The highest BCUT2D eigenvalue weighted by molar-refractivity contribution is 7.91. The molecule has 134 valence electrons. The molecule has 1 N–H and O–H groups in total. The summed E-state index contributed by atoms with van der Waals surface area (Å²) in [4.78, 5) is 12.5. The average Bonchev–Trinajstić information content (AvgIpc) is 3.13. The summed E-state index contributed by atoms with van der Waals surface area (Å²) in [5.74, 6) is -0.285. The molecule has 0 spiro atoms. The molecule has 1 aliphatic rings. The molecule has 3 rings (SSSR count). The maximum absolute atomic E-state index is 12.5. The zero-order chi connectivity index (χ0) is 18.0. The zero-order valence-electron chi connectivity index (χ0n) is 13.7. The van der Waals surface area contributed by atoms with Crippen molar-refractivity contribution in [1.29, 1.82) is 0 Å². The Labute approximate surface area is 156 Å². The number of carbonyl (C=O) groups excluding carboxylic acids is 1. The van der Waals surface area contributed by atoms with E-state index in [9.17, 15) is 13.2 Å². The van der Waals surface area contributed by atoms with Gasteiger partial charge >= 0.3 is 0 Å². The first-order valence-corrected chi connectivity index (χ1v) is 10.7. The molecule has 0 radical (unpaired) electrons. The second-order valence-electron chi connectivity index (χ2n) is 6.06. The fourth-order valence-electron chi connectivity index (χ4n) is 2.86. The average molecular weight is 399 g/mol. The van der Waals surface area contributed by atoms with Crippen LogP contribution >= 0.6 is 22.9 Å². The van der Waals surface area contributed by atoms with Crippen molar-refractivity contribution in [2.24, 2.45) is 5.92 Å². The molecule has 0 atom stereocenters. The number of halogens is 1. The van der Waals surface area contributed by atoms with Gasteiger partial charge in [0.15, 0.2) is 0 Å². The van der Waals surface area contributed by atoms with Crippen molar-refractivity contribution in [3.8, 4) is 0 Å². The van der Waals surface area contributed by atoms with Gasteiger partial charge in [0, 0.05) is 29.7 Å². The first-order chi connectivity index (χ1) is 11.9. The molecular weight excluding hydrogens is 380 g/mol. The largest absolute Gasteiger partial charge is 0.326 e. The molecule has 0 bridgehead atoms. The van der Waals surface area contributed by atoms with E-state index < -0.39 is 10.0 Å². The van der Waals surface area contributed by atoms with Gasteiger partial charge in [-0.1, -0.05) is 23.7 Å². The van der Waals surface area contributed by atoms with Crippen LogP contribution in [0.4, 0.5) is 5.69 Å². The van der Waals surface area contributed by atoms with Gasteiger partial charge in [0.1, 0.15) is 4.21 Å². The minimum Gasteiger partial charge on any atom is -0.326 e. The van der Waals surface area contributed by atoms with E-state index in [-0.39, 0.29) is 11.8 Å². The van der Waals surface area contributed by atoms with Gasteiger partial charge < -0.3 is 5.32 Å². The van der Waals surface area contributed by atoms with Crippen LogP contribution in [0.25, 0.3) is 0 Å². The minimum atomic E-state index is -3.44. The fourth-order valence-corrected chi connectivity index (χ4v) is 5.65. The van der Waals surface area contributed by atoms with E-state index in [4.69, 9.17) is 11.6 Å². The van der Waals surface area contributed by atoms with Crippen LogP contribution in [0.5, 0.6) is 0 Å². The van der Waals surface area contributed by atoms with Gasteiger partial charge in [0.25, 0.3) is 10.0 Å². The summed E-state index contributed by atoms with van der Waals surface area (Å²) < 4.78 is 26.9. The molecule has 1 aromatic carbocycles. The van der Waals surface area contributed by atoms with E-state index in [2.05, 4.69) is 5.32 Å². The SMILES string of the molecule is Cc1ccc(Cl)cc1NC(=O)C1CCN(S(=O)(=O)c2cccs2)CC1. The third-order valence-corrected chi connectivity index (χ3v) is 7.88. The number of thiophene rings is 1. The zero-order valence-corrected chi connectivity index (χ0v) is 16.1. The summed E-state index contributed by atoms with van der Waals surface area (Å²) in [5, 5.41) is 5.23. The summed E-state index contributed by atoms with van der Waals surface area (Å²) in [6, 6.07) is 8.70. The van der Waals surface area contributed by atoms with Crippen LogP contribution in [-0.2, 0) is 14.8 Å². The summed E-state index contributed by atoms with van der Waals surface area (Å²) >= 11 is 7.19. The van der Waals surface area contributed by atoms with E-state index >= 15 is 0 Å². The lowest BCUT2D eigenvalue weighted by molar-refractivity contribution is -0.120. The molecule has 1 amide bonds. The van der Waals surface area contributed by atoms with Crippen molar-refractivity contribution in [2.45, 2.75) is 24.0 Å². The lowest BCUT2D eigenvalue weighted by atomic mass is 9.97.